The lowest BCUT2D eigenvalue weighted by Crippen LogP contribution is -2.07. The van der Waals surface area contributed by atoms with Crippen molar-refractivity contribution in [2.45, 2.75) is 25.4 Å². The second kappa shape index (κ2) is 5.12. The van der Waals surface area contributed by atoms with Crippen LogP contribution in [0.2, 0.25) is 5.02 Å². The van der Waals surface area contributed by atoms with Gasteiger partial charge in [-0.05, 0) is 37.5 Å². The van der Waals surface area contributed by atoms with E-state index in [1.807, 2.05) is 12.1 Å². The quantitative estimate of drug-likeness (QED) is 0.915. The Hall–Kier alpha value is -1.10. The van der Waals surface area contributed by atoms with Crippen molar-refractivity contribution in [3.63, 3.8) is 0 Å². The van der Waals surface area contributed by atoms with Crippen molar-refractivity contribution in [3.8, 4) is 16.3 Å². The number of nitrogens with zero attached hydrogens (tertiary/aromatic N) is 1. The lowest BCUT2D eigenvalue weighted by Gasteiger charge is -2.14. The summed E-state index contributed by atoms with van der Waals surface area (Å²) in [5, 5.41) is 11.5. The molecule has 1 unspecified atom stereocenters. The van der Waals surface area contributed by atoms with Crippen LogP contribution in [-0.4, -0.2) is 17.2 Å². The van der Waals surface area contributed by atoms with Gasteiger partial charge in [-0.1, -0.05) is 11.6 Å². The van der Waals surface area contributed by atoms with E-state index < -0.39 is 6.10 Å². The lowest BCUT2D eigenvalue weighted by atomic mass is 10.0. The maximum atomic E-state index is 9.98. The van der Waals surface area contributed by atoms with Gasteiger partial charge in [-0.25, -0.2) is 4.98 Å². The molecule has 0 aliphatic heterocycles. The molecule has 0 bridgehead atoms. The number of aliphatic hydroxyl groups excluding tert-OH is 1. The number of methoxy groups -OCH3 is 1. The highest BCUT2D eigenvalue weighted by Gasteiger charge is 2.24. The summed E-state index contributed by atoms with van der Waals surface area (Å²) in [6.07, 6.45) is 2.40. The molecule has 1 aromatic carbocycles. The number of fused-ring (bicyclic) bond motifs is 1. The van der Waals surface area contributed by atoms with Crippen LogP contribution in [0.15, 0.2) is 18.2 Å². The number of rotatable bonds is 2. The molecule has 19 heavy (non-hydrogen) atoms. The van der Waals surface area contributed by atoms with Gasteiger partial charge in [0.1, 0.15) is 10.8 Å². The van der Waals surface area contributed by atoms with E-state index in [1.165, 1.54) is 4.88 Å². The molecule has 0 saturated heterocycles. The minimum Gasteiger partial charge on any atom is -0.496 e. The van der Waals surface area contributed by atoms with Gasteiger partial charge in [0.25, 0.3) is 0 Å². The second-order valence-electron chi connectivity index (χ2n) is 4.58. The van der Waals surface area contributed by atoms with Crippen molar-refractivity contribution in [2.24, 2.45) is 0 Å². The van der Waals surface area contributed by atoms with Crippen LogP contribution in [0.25, 0.3) is 10.6 Å². The molecule has 0 saturated carbocycles. The summed E-state index contributed by atoms with van der Waals surface area (Å²) in [6, 6.07) is 5.53. The molecule has 0 radical (unpaired) electrons. The SMILES string of the molecule is COc1cc(Cl)ccc1-c1nc2c(s1)CCCC2O. The Kier molecular flexibility index (Phi) is 3.48. The van der Waals surface area contributed by atoms with Gasteiger partial charge in [-0.2, -0.15) is 0 Å². The van der Waals surface area contributed by atoms with Crippen LogP contribution in [0, 0.1) is 0 Å². The zero-order chi connectivity index (χ0) is 13.4. The highest BCUT2D eigenvalue weighted by atomic mass is 35.5. The monoisotopic (exact) mass is 295 g/mol. The number of benzene rings is 1. The van der Waals surface area contributed by atoms with Crippen LogP contribution in [0.3, 0.4) is 0 Å². The third-order valence-electron chi connectivity index (χ3n) is 3.32. The molecule has 0 fully saturated rings. The van der Waals surface area contributed by atoms with E-state index in [0.717, 1.165) is 35.5 Å². The van der Waals surface area contributed by atoms with Crippen LogP contribution in [-0.2, 0) is 6.42 Å². The van der Waals surface area contributed by atoms with Gasteiger partial charge in [-0.15, -0.1) is 11.3 Å². The van der Waals surface area contributed by atoms with Gasteiger partial charge < -0.3 is 9.84 Å². The van der Waals surface area contributed by atoms with Crippen molar-refractivity contribution >= 4 is 22.9 Å². The summed E-state index contributed by atoms with van der Waals surface area (Å²) in [5.41, 5.74) is 1.77. The summed E-state index contributed by atoms with van der Waals surface area (Å²) in [4.78, 5) is 5.77. The van der Waals surface area contributed by atoms with E-state index in [1.54, 1.807) is 24.5 Å². The molecule has 1 heterocycles. The highest BCUT2D eigenvalue weighted by Crippen LogP contribution is 2.40. The zero-order valence-corrected chi connectivity index (χ0v) is 12.1. The van der Waals surface area contributed by atoms with Crippen LogP contribution >= 0.6 is 22.9 Å². The third kappa shape index (κ3) is 2.36. The van der Waals surface area contributed by atoms with Crippen molar-refractivity contribution in [1.29, 1.82) is 0 Å². The minimum atomic E-state index is -0.424. The fourth-order valence-electron chi connectivity index (χ4n) is 2.35. The largest absolute Gasteiger partial charge is 0.496 e. The van der Waals surface area contributed by atoms with E-state index in [4.69, 9.17) is 16.3 Å². The molecule has 0 amide bonds. The number of hydrogen-bond acceptors (Lipinski definition) is 4. The molecule has 3 rings (SSSR count). The van der Waals surface area contributed by atoms with Gasteiger partial charge in [-0.3, -0.25) is 0 Å². The smallest absolute Gasteiger partial charge is 0.130 e. The number of thiazole rings is 1. The fraction of sp³-hybridized carbons (Fsp3) is 0.357. The Morgan fingerprint density at radius 2 is 2.32 bits per heavy atom. The van der Waals surface area contributed by atoms with Gasteiger partial charge >= 0.3 is 0 Å². The first-order valence-electron chi connectivity index (χ1n) is 6.20. The second-order valence-corrected chi connectivity index (χ2v) is 6.10. The number of aliphatic hydroxyl groups is 1. The Bertz CT molecular complexity index is 611. The number of aryl methyl sites for hydroxylation is 1. The van der Waals surface area contributed by atoms with Gasteiger partial charge in [0.2, 0.25) is 0 Å². The summed E-state index contributed by atoms with van der Waals surface area (Å²) in [7, 11) is 1.62. The van der Waals surface area contributed by atoms with E-state index >= 15 is 0 Å². The molecule has 2 aromatic rings. The molecule has 100 valence electrons. The first-order chi connectivity index (χ1) is 9.19. The topological polar surface area (TPSA) is 42.4 Å². The Labute approximate surface area is 120 Å². The Morgan fingerprint density at radius 3 is 3.05 bits per heavy atom. The van der Waals surface area contributed by atoms with Crippen molar-refractivity contribution in [1.82, 2.24) is 4.98 Å². The van der Waals surface area contributed by atoms with Gasteiger partial charge in [0, 0.05) is 9.90 Å². The third-order valence-corrected chi connectivity index (χ3v) is 4.72. The predicted molar refractivity (Wildman–Crippen MR) is 77.0 cm³/mol. The van der Waals surface area contributed by atoms with Crippen molar-refractivity contribution < 1.29 is 9.84 Å². The lowest BCUT2D eigenvalue weighted by molar-refractivity contribution is 0.153. The summed E-state index contributed by atoms with van der Waals surface area (Å²) in [6.45, 7) is 0. The predicted octanol–water partition coefficient (Wildman–Crippen LogP) is 3.84. The summed E-state index contributed by atoms with van der Waals surface area (Å²) >= 11 is 7.60. The van der Waals surface area contributed by atoms with E-state index in [2.05, 4.69) is 4.98 Å². The molecule has 0 spiro atoms. The standard InChI is InChI=1S/C14H14ClNO2S/c1-18-11-7-8(15)5-6-9(11)14-16-13-10(17)3-2-4-12(13)19-14/h5-7,10,17H,2-4H2,1H3. The Balaban J connectivity index is 2.08. The summed E-state index contributed by atoms with van der Waals surface area (Å²) in [5.74, 6) is 0.716. The average Bonchev–Trinajstić information content (AvgIpc) is 2.83. The van der Waals surface area contributed by atoms with Crippen molar-refractivity contribution in [2.75, 3.05) is 7.11 Å². The molecule has 1 N–H and O–H groups in total. The first-order valence-corrected chi connectivity index (χ1v) is 7.40. The van der Waals surface area contributed by atoms with E-state index in [-0.39, 0.29) is 0 Å². The normalized spacial score (nSPS) is 18.2. The van der Waals surface area contributed by atoms with Crippen LogP contribution < -0.4 is 4.74 Å². The molecule has 3 nitrogen and oxygen atoms in total. The van der Waals surface area contributed by atoms with Crippen LogP contribution in [0.1, 0.15) is 29.5 Å². The van der Waals surface area contributed by atoms with Gasteiger partial charge in [0.05, 0.1) is 24.5 Å². The number of ether oxygens (including phenoxy) is 1. The zero-order valence-electron chi connectivity index (χ0n) is 10.5. The average molecular weight is 296 g/mol. The minimum absolute atomic E-state index is 0.424. The highest BCUT2D eigenvalue weighted by molar-refractivity contribution is 7.15. The number of hydrogen-bond donors (Lipinski definition) is 1. The molecule has 5 heteroatoms. The number of aromatic nitrogens is 1. The molecule has 1 aromatic heterocycles. The van der Waals surface area contributed by atoms with Gasteiger partial charge in [0.15, 0.2) is 0 Å². The molecular weight excluding hydrogens is 282 g/mol. The molecule has 1 aliphatic rings. The van der Waals surface area contributed by atoms with Crippen LogP contribution in [0.5, 0.6) is 5.75 Å². The van der Waals surface area contributed by atoms with Crippen LogP contribution in [0.4, 0.5) is 0 Å². The fourth-order valence-corrected chi connectivity index (χ4v) is 3.70. The van der Waals surface area contributed by atoms with E-state index in [0.29, 0.717) is 10.8 Å². The molecule has 1 aliphatic carbocycles. The summed E-state index contributed by atoms with van der Waals surface area (Å²) < 4.78 is 5.36. The molecule has 1 atom stereocenters. The number of halogens is 1. The maximum absolute atomic E-state index is 9.98. The van der Waals surface area contributed by atoms with Crippen molar-refractivity contribution in [3.05, 3.63) is 33.8 Å². The molecular formula is C14H14ClNO2S. The maximum Gasteiger partial charge on any atom is 0.130 e. The first kappa shape index (κ1) is 12.9. The Morgan fingerprint density at radius 1 is 1.47 bits per heavy atom. The van der Waals surface area contributed by atoms with E-state index in [9.17, 15) is 5.11 Å².